The topological polar surface area (TPSA) is 52.9 Å². The summed E-state index contributed by atoms with van der Waals surface area (Å²) in [7, 11) is 1.52. The van der Waals surface area contributed by atoms with E-state index in [2.05, 4.69) is 0 Å². The molecule has 4 nitrogen and oxygen atoms in total. The number of aliphatic hydroxyl groups excluding tert-OH is 2. The lowest BCUT2D eigenvalue weighted by Gasteiger charge is -2.21. The molecule has 68 valence electrons. The highest BCUT2D eigenvalue weighted by molar-refractivity contribution is 4.55. The average molecular weight is 163 g/mol. The molecule has 0 aliphatic heterocycles. The summed E-state index contributed by atoms with van der Waals surface area (Å²) in [6.45, 7) is 4.19. The molecule has 0 radical (unpaired) electrons. The Hall–Kier alpha value is -0.160. The molecule has 2 N–H and O–H groups in total. The summed E-state index contributed by atoms with van der Waals surface area (Å²) >= 11 is 0. The van der Waals surface area contributed by atoms with Gasteiger partial charge in [-0.25, -0.2) is 0 Å². The van der Waals surface area contributed by atoms with Crippen molar-refractivity contribution in [2.24, 2.45) is 0 Å². The van der Waals surface area contributed by atoms with Crippen LogP contribution in [0.3, 0.4) is 0 Å². The first-order chi connectivity index (χ1) is 5.06. The van der Waals surface area contributed by atoms with Crippen LogP contribution >= 0.6 is 0 Å². The molecule has 0 aromatic heterocycles. The Bertz CT molecular complexity index is 85.7. The average Bonchev–Trinajstić information content (AvgIpc) is 1.84. The minimum Gasteiger partial charge on any atom is -0.392 e. The third-order valence-electron chi connectivity index (χ3n) is 1.19. The third kappa shape index (κ3) is 6.25. The molecule has 0 rings (SSSR count). The molecule has 2 atom stereocenters. The van der Waals surface area contributed by atoms with Crippen LogP contribution in [0.25, 0.3) is 0 Å². The number of aliphatic hydroxyl groups is 2. The van der Waals surface area contributed by atoms with Crippen molar-refractivity contribution in [3.8, 4) is 0 Å². The fourth-order valence-corrected chi connectivity index (χ4v) is 0.813. The van der Waals surface area contributed by atoms with Gasteiger partial charge in [0.25, 0.3) is 0 Å². The number of rotatable bonds is 5. The van der Waals surface area contributed by atoms with Crippen LogP contribution in [0.4, 0.5) is 0 Å². The predicted molar refractivity (Wildman–Crippen MR) is 41.9 cm³/mol. The lowest BCUT2D eigenvalue weighted by Crippen LogP contribution is -2.35. The van der Waals surface area contributed by atoms with E-state index < -0.39 is 12.2 Å². The molecule has 11 heavy (non-hydrogen) atoms. The fourth-order valence-electron chi connectivity index (χ4n) is 0.813. The third-order valence-corrected chi connectivity index (χ3v) is 1.19. The highest BCUT2D eigenvalue weighted by Gasteiger charge is 2.09. The molecule has 0 fully saturated rings. The van der Waals surface area contributed by atoms with E-state index in [-0.39, 0.29) is 0 Å². The zero-order valence-electron chi connectivity index (χ0n) is 7.32. The highest BCUT2D eigenvalue weighted by Crippen LogP contribution is 1.94. The van der Waals surface area contributed by atoms with Gasteiger partial charge in [-0.15, -0.1) is 0 Å². The van der Waals surface area contributed by atoms with Crippen LogP contribution in [0.5, 0.6) is 0 Å². The summed E-state index contributed by atoms with van der Waals surface area (Å²) < 4.78 is 0. The minimum absolute atomic E-state index is 0.418. The van der Waals surface area contributed by atoms with E-state index in [1.165, 1.54) is 12.2 Å². The summed E-state index contributed by atoms with van der Waals surface area (Å²) in [5.41, 5.74) is 0. The predicted octanol–water partition coefficient (Wildman–Crippen LogP) is -0.389. The minimum atomic E-state index is -0.436. The number of hydroxylamine groups is 2. The number of nitrogens with zero attached hydrogens (tertiary/aromatic N) is 1. The van der Waals surface area contributed by atoms with Crippen LogP contribution in [-0.2, 0) is 4.84 Å². The lowest BCUT2D eigenvalue weighted by atomic mass is 10.3. The van der Waals surface area contributed by atoms with Crippen LogP contribution < -0.4 is 0 Å². The van der Waals surface area contributed by atoms with Gasteiger partial charge in [0.15, 0.2) is 0 Å². The van der Waals surface area contributed by atoms with Gasteiger partial charge in [0, 0.05) is 13.1 Å². The van der Waals surface area contributed by atoms with Crippen LogP contribution in [0, 0.1) is 0 Å². The summed E-state index contributed by atoms with van der Waals surface area (Å²) in [6, 6.07) is 0. The Morgan fingerprint density at radius 2 is 1.55 bits per heavy atom. The summed E-state index contributed by atoms with van der Waals surface area (Å²) in [5.74, 6) is 0. The SMILES string of the molecule is CON(C[C@@H](C)O)C[C@@H](C)O. The van der Waals surface area contributed by atoms with Crippen molar-refractivity contribution in [2.75, 3.05) is 20.2 Å². The largest absolute Gasteiger partial charge is 0.392 e. The zero-order chi connectivity index (χ0) is 8.85. The standard InChI is InChI=1S/C7H17NO3/c1-6(9)4-8(11-3)5-7(2)10/h6-7,9-10H,4-5H2,1-3H3/t6-,7-/m1/s1. The van der Waals surface area contributed by atoms with Crippen LogP contribution in [0.2, 0.25) is 0 Å². The first-order valence-electron chi connectivity index (χ1n) is 3.71. The van der Waals surface area contributed by atoms with E-state index in [1.54, 1.807) is 13.8 Å². The van der Waals surface area contributed by atoms with Gasteiger partial charge >= 0.3 is 0 Å². The molecule has 0 heterocycles. The smallest absolute Gasteiger partial charge is 0.0662 e. The Morgan fingerprint density at radius 3 is 1.73 bits per heavy atom. The second kappa shape index (κ2) is 5.49. The number of hydrogen-bond acceptors (Lipinski definition) is 4. The van der Waals surface area contributed by atoms with E-state index in [9.17, 15) is 0 Å². The highest BCUT2D eigenvalue weighted by atomic mass is 16.7. The Labute approximate surface area is 67.3 Å². The molecule has 0 spiro atoms. The van der Waals surface area contributed by atoms with Crippen LogP contribution in [-0.4, -0.2) is 47.7 Å². The van der Waals surface area contributed by atoms with Crippen LogP contribution in [0.15, 0.2) is 0 Å². The maximum atomic E-state index is 8.96. The Morgan fingerprint density at radius 1 is 1.18 bits per heavy atom. The Balaban J connectivity index is 3.58. The molecule has 0 aliphatic carbocycles. The van der Waals surface area contributed by atoms with Crippen molar-refractivity contribution in [3.63, 3.8) is 0 Å². The number of hydrogen-bond donors (Lipinski definition) is 2. The Kier molecular flexibility index (Phi) is 5.41. The van der Waals surface area contributed by atoms with E-state index in [0.717, 1.165) is 0 Å². The molecule has 4 heteroatoms. The fraction of sp³-hybridized carbons (Fsp3) is 1.00. The molecular formula is C7H17NO3. The van der Waals surface area contributed by atoms with E-state index in [4.69, 9.17) is 15.1 Å². The van der Waals surface area contributed by atoms with Gasteiger partial charge in [-0.1, -0.05) is 0 Å². The van der Waals surface area contributed by atoms with Crippen molar-refractivity contribution in [1.29, 1.82) is 0 Å². The van der Waals surface area contributed by atoms with E-state index in [0.29, 0.717) is 13.1 Å². The molecule has 0 saturated heterocycles. The van der Waals surface area contributed by atoms with E-state index >= 15 is 0 Å². The summed E-state index contributed by atoms with van der Waals surface area (Å²) in [4.78, 5) is 4.89. The first kappa shape index (κ1) is 10.8. The molecule has 0 amide bonds. The maximum absolute atomic E-state index is 8.96. The van der Waals surface area contributed by atoms with Crippen molar-refractivity contribution in [1.82, 2.24) is 5.06 Å². The van der Waals surface area contributed by atoms with Gasteiger partial charge in [0.1, 0.15) is 0 Å². The maximum Gasteiger partial charge on any atom is 0.0662 e. The van der Waals surface area contributed by atoms with Gasteiger partial charge in [-0.2, -0.15) is 5.06 Å². The molecule has 0 saturated carbocycles. The zero-order valence-corrected chi connectivity index (χ0v) is 7.32. The normalized spacial score (nSPS) is 16.9. The van der Waals surface area contributed by atoms with Gasteiger partial charge in [-0.05, 0) is 13.8 Å². The first-order valence-corrected chi connectivity index (χ1v) is 3.71. The second-order valence-corrected chi connectivity index (χ2v) is 2.73. The quantitative estimate of drug-likeness (QED) is 0.542. The molecule has 0 aromatic carbocycles. The molecular weight excluding hydrogens is 146 g/mol. The van der Waals surface area contributed by atoms with Crippen molar-refractivity contribution in [2.45, 2.75) is 26.1 Å². The molecule has 0 aromatic rings. The van der Waals surface area contributed by atoms with Crippen molar-refractivity contribution >= 4 is 0 Å². The van der Waals surface area contributed by atoms with Gasteiger partial charge in [0.05, 0.1) is 19.3 Å². The van der Waals surface area contributed by atoms with Crippen LogP contribution in [0.1, 0.15) is 13.8 Å². The summed E-state index contributed by atoms with van der Waals surface area (Å²) in [5, 5.41) is 19.5. The van der Waals surface area contributed by atoms with E-state index in [1.807, 2.05) is 0 Å². The molecule has 0 aliphatic rings. The summed E-state index contributed by atoms with van der Waals surface area (Å²) in [6.07, 6.45) is -0.873. The second-order valence-electron chi connectivity index (χ2n) is 2.73. The van der Waals surface area contributed by atoms with Gasteiger partial charge < -0.3 is 15.1 Å². The molecule has 0 unspecified atom stereocenters. The monoisotopic (exact) mass is 163 g/mol. The van der Waals surface area contributed by atoms with Crippen molar-refractivity contribution in [3.05, 3.63) is 0 Å². The van der Waals surface area contributed by atoms with Gasteiger partial charge in [0.2, 0.25) is 0 Å². The van der Waals surface area contributed by atoms with Crippen molar-refractivity contribution < 1.29 is 15.1 Å². The van der Waals surface area contributed by atoms with Gasteiger partial charge in [-0.3, -0.25) is 0 Å². The molecule has 0 bridgehead atoms. The lowest BCUT2D eigenvalue weighted by molar-refractivity contribution is -0.159.